The van der Waals surface area contributed by atoms with Gasteiger partial charge >= 0.3 is 12.2 Å². The van der Waals surface area contributed by atoms with Crippen molar-refractivity contribution in [2.75, 3.05) is 61.6 Å². The number of carbonyl (C=O) groups excluding carboxylic acids is 5. The molecule has 5 amide bonds. The topological polar surface area (TPSA) is 165 Å². The van der Waals surface area contributed by atoms with Crippen LogP contribution in [-0.4, -0.2) is 95.2 Å². The lowest BCUT2D eigenvalue weighted by Crippen LogP contribution is -2.47. The van der Waals surface area contributed by atoms with E-state index in [4.69, 9.17) is 25.8 Å². The van der Waals surface area contributed by atoms with Gasteiger partial charge in [0.2, 0.25) is 0 Å². The number of hydrogen-bond acceptors (Lipinski definition) is 10. The molecule has 2 N–H and O–H groups in total. The van der Waals surface area contributed by atoms with E-state index in [1.54, 1.807) is 42.7 Å². The Balaban J connectivity index is 0.000000199. The normalized spacial score (nSPS) is 17.5. The first kappa shape index (κ1) is 47.5. The lowest BCUT2D eigenvalue weighted by atomic mass is 10.1. The van der Waals surface area contributed by atoms with Gasteiger partial charge in [-0.05, 0) is 107 Å². The summed E-state index contributed by atoms with van der Waals surface area (Å²) >= 11 is 9.58. The number of methoxy groups -OCH3 is 2. The Bertz CT molecular complexity index is 1980. The number of amides is 5. The lowest BCUT2D eigenvalue weighted by Gasteiger charge is -2.33. The largest absolute Gasteiger partial charge is 0.479 e. The van der Waals surface area contributed by atoms with Crippen LogP contribution in [-0.2, 0) is 23.9 Å². The maximum atomic E-state index is 12.3. The SMILES string of the molecule is CCCCN1C(=O)C(C)Oc2cc(Br)c(C)cc21.COC(=O)NCCN1C(=O)C(C)Oc2cc(C)c(C)cc21.COC(=O)NCCN1C(=O)C(C)Oc2cc(Cl)c(C)cc21. The average Bonchev–Trinajstić information content (AvgIpc) is 3.21. The molecule has 0 saturated heterocycles. The van der Waals surface area contributed by atoms with E-state index < -0.39 is 30.5 Å². The van der Waals surface area contributed by atoms with E-state index in [-0.39, 0.29) is 24.3 Å². The van der Waals surface area contributed by atoms with E-state index in [0.717, 1.165) is 63.2 Å². The molecule has 3 aliphatic heterocycles. The summed E-state index contributed by atoms with van der Waals surface area (Å²) in [5.41, 5.74) is 6.47. The summed E-state index contributed by atoms with van der Waals surface area (Å²) in [7, 11) is 2.59. The first-order chi connectivity index (χ1) is 28.4. The average molecular weight is 917 g/mol. The Morgan fingerprint density at radius 3 is 1.47 bits per heavy atom. The van der Waals surface area contributed by atoms with Crippen molar-refractivity contribution in [1.29, 1.82) is 0 Å². The number of rotatable bonds is 9. The molecule has 0 fully saturated rings. The number of benzene rings is 3. The maximum absolute atomic E-state index is 12.3. The van der Waals surface area contributed by atoms with Gasteiger partial charge in [-0.25, -0.2) is 9.59 Å². The minimum absolute atomic E-state index is 0.0534. The van der Waals surface area contributed by atoms with Crippen molar-refractivity contribution < 1.29 is 47.7 Å². The van der Waals surface area contributed by atoms with E-state index in [2.05, 4.69) is 43.0 Å². The summed E-state index contributed by atoms with van der Waals surface area (Å²) in [5, 5.41) is 5.71. The molecule has 15 nitrogen and oxygen atoms in total. The van der Waals surface area contributed by atoms with Gasteiger partial charge in [-0.15, -0.1) is 0 Å². The van der Waals surface area contributed by atoms with Crippen LogP contribution in [0, 0.1) is 27.7 Å². The zero-order valence-corrected chi connectivity index (χ0v) is 38.2. The highest BCUT2D eigenvalue weighted by Gasteiger charge is 2.34. The van der Waals surface area contributed by atoms with Crippen molar-refractivity contribution in [3.8, 4) is 17.2 Å². The van der Waals surface area contributed by atoms with E-state index in [9.17, 15) is 24.0 Å². The molecule has 326 valence electrons. The number of carbonyl (C=O) groups is 5. The Labute approximate surface area is 365 Å². The van der Waals surface area contributed by atoms with E-state index in [1.165, 1.54) is 14.2 Å². The van der Waals surface area contributed by atoms with Crippen LogP contribution in [0.2, 0.25) is 5.02 Å². The van der Waals surface area contributed by atoms with Crippen LogP contribution in [0.1, 0.15) is 62.8 Å². The molecule has 60 heavy (non-hydrogen) atoms. The highest BCUT2D eigenvalue weighted by molar-refractivity contribution is 9.10. The van der Waals surface area contributed by atoms with E-state index >= 15 is 0 Å². The predicted molar refractivity (Wildman–Crippen MR) is 234 cm³/mol. The van der Waals surface area contributed by atoms with E-state index in [0.29, 0.717) is 41.8 Å². The highest BCUT2D eigenvalue weighted by Crippen LogP contribution is 2.40. The third-order valence-corrected chi connectivity index (χ3v) is 11.3. The predicted octanol–water partition coefficient (Wildman–Crippen LogP) is 7.56. The molecule has 3 aliphatic rings. The van der Waals surface area contributed by atoms with Gasteiger partial charge in [0.1, 0.15) is 17.2 Å². The van der Waals surface area contributed by atoms with Crippen LogP contribution in [0.25, 0.3) is 0 Å². The number of unbranched alkanes of at least 4 members (excludes halogenated alkanes) is 1. The number of hydrogen-bond donors (Lipinski definition) is 2. The fourth-order valence-corrected chi connectivity index (χ4v) is 6.89. The first-order valence-corrected chi connectivity index (χ1v) is 20.9. The smallest absolute Gasteiger partial charge is 0.406 e. The molecule has 0 spiro atoms. The first-order valence-electron chi connectivity index (χ1n) is 19.7. The zero-order valence-electron chi connectivity index (χ0n) is 35.8. The molecule has 3 aromatic carbocycles. The quantitative estimate of drug-likeness (QED) is 0.219. The Hall–Kier alpha value is -5.22. The van der Waals surface area contributed by atoms with Crippen molar-refractivity contribution >= 4 is 74.5 Å². The summed E-state index contributed by atoms with van der Waals surface area (Å²) in [5.74, 6) is 1.83. The molecule has 3 unspecified atom stereocenters. The molecule has 6 rings (SSSR count). The number of alkyl carbamates (subject to hydrolysis) is 2. The number of aryl methyl sites for hydroxylation is 4. The standard InChI is InChI=1S/C15H20N2O4.C14H18BrNO2.C14H17ClN2O4/c1-9-7-12-13(8-10(9)2)21-11(3)14(18)17(12)6-5-16-15(19)20-4;1-4-5-6-16-12-7-9(2)11(15)8-13(12)18-10(3)14(16)17;1-8-6-11-12(7-10(8)15)21-9(2)13(18)17(11)5-4-16-14(19)20-3/h7-8,11H,5-6H2,1-4H3,(H,16,19);7-8,10H,4-6H2,1-3H3;6-7,9H,4-5H2,1-3H3,(H,16,19). The van der Waals surface area contributed by atoms with Crippen LogP contribution in [0.3, 0.4) is 0 Å². The number of ether oxygens (including phenoxy) is 5. The third-order valence-electron chi connectivity index (χ3n) is 10.00. The number of nitrogens with zero attached hydrogens (tertiary/aromatic N) is 3. The summed E-state index contributed by atoms with van der Waals surface area (Å²) in [6.45, 7) is 17.3. The van der Waals surface area contributed by atoms with Crippen molar-refractivity contribution in [2.24, 2.45) is 0 Å². The van der Waals surface area contributed by atoms with Crippen molar-refractivity contribution in [3.63, 3.8) is 0 Å². The van der Waals surface area contributed by atoms with Gasteiger partial charge in [0.05, 0.1) is 31.3 Å². The minimum Gasteiger partial charge on any atom is -0.479 e. The van der Waals surface area contributed by atoms with Crippen LogP contribution in [0.15, 0.2) is 40.9 Å². The number of halogens is 2. The molecule has 0 aromatic heterocycles. The van der Waals surface area contributed by atoms with Gasteiger partial charge in [0, 0.05) is 48.3 Å². The summed E-state index contributed by atoms with van der Waals surface area (Å²) in [6, 6.07) is 11.3. The second-order valence-electron chi connectivity index (χ2n) is 14.5. The molecular weight excluding hydrogens is 862 g/mol. The van der Waals surface area contributed by atoms with Crippen LogP contribution < -0.4 is 39.5 Å². The molecule has 0 saturated carbocycles. The number of fused-ring (bicyclic) bond motifs is 3. The van der Waals surface area contributed by atoms with Gasteiger partial charge in [-0.2, -0.15) is 0 Å². The molecule has 17 heteroatoms. The zero-order chi connectivity index (χ0) is 44.4. The summed E-state index contributed by atoms with van der Waals surface area (Å²) in [6.07, 6.45) is -0.479. The van der Waals surface area contributed by atoms with Crippen molar-refractivity contribution in [3.05, 3.63) is 68.1 Å². The van der Waals surface area contributed by atoms with Gasteiger partial charge in [0.15, 0.2) is 18.3 Å². The van der Waals surface area contributed by atoms with Crippen LogP contribution in [0.4, 0.5) is 26.7 Å². The minimum atomic E-state index is -0.589. The maximum Gasteiger partial charge on any atom is 0.406 e. The van der Waals surface area contributed by atoms with Gasteiger partial charge in [-0.3, -0.25) is 14.4 Å². The molecule has 0 aliphatic carbocycles. The Morgan fingerprint density at radius 2 is 1.02 bits per heavy atom. The molecular formula is C43H55BrClN5O10. The van der Waals surface area contributed by atoms with Crippen LogP contribution in [0.5, 0.6) is 17.2 Å². The third kappa shape index (κ3) is 11.5. The molecule has 0 radical (unpaired) electrons. The summed E-state index contributed by atoms with van der Waals surface area (Å²) in [4.78, 5) is 64.0. The van der Waals surface area contributed by atoms with E-state index in [1.807, 2.05) is 56.9 Å². The highest BCUT2D eigenvalue weighted by atomic mass is 79.9. The molecule has 3 heterocycles. The number of anilines is 3. The number of nitrogens with one attached hydrogen (secondary N) is 2. The summed E-state index contributed by atoms with van der Waals surface area (Å²) < 4.78 is 26.9. The van der Waals surface area contributed by atoms with Crippen LogP contribution >= 0.6 is 27.5 Å². The molecule has 3 atom stereocenters. The fourth-order valence-electron chi connectivity index (χ4n) is 6.42. The Kier molecular flexibility index (Phi) is 16.9. The van der Waals surface area contributed by atoms with Crippen molar-refractivity contribution in [1.82, 2.24) is 10.6 Å². The molecule has 3 aromatic rings. The van der Waals surface area contributed by atoms with Gasteiger partial charge < -0.3 is 49.0 Å². The van der Waals surface area contributed by atoms with Crippen molar-refractivity contribution in [2.45, 2.75) is 86.5 Å². The van der Waals surface area contributed by atoms with Gasteiger partial charge in [-0.1, -0.05) is 40.9 Å². The van der Waals surface area contributed by atoms with Gasteiger partial charge in [0.25, 0.3) is 17.7 Å². The molecule has 0 bridgehead atoms. The Morgan fingerprint density at radius 1 is 0.633 bits per heavy atom. The lowest BCUT2D eigenvalue weighted by molar-refractivity contribution is -0.126. The fraction of sp³-hybridized carbons (Fsp3) is 0.465. The second kappa shape index (κ2) is 21.3. The monoisotopic (exact) mass is 915 g/mol. The second-order valence-corrected chi connectivity index (χ2v) is 15.7.